The van der Waals surface area contributed by atoms with E-state index in [-0.39, 0.29) is 47.5 Å². The number of hydrogen-bond donors (Lipinski definition) is 8. The molecule has 6 aromatic rings. The monoisotopic (exact) mass is 837 g/mol. The summed E-state index contributed by atoms with van der Waals surface area (Å²) in [6.45, 7) is 0. The zero-order valence-corrected chi connectivity index (χ0v) is 34.6. The van der Waals surface area contributed by atoms with E-state index in [9.17, 15) is 30.6 Å². The third-order valence-electron chi connectivity index (χ3n) is 13.7. The predicted octanol–water partition coefficient (Wildman–Crippen LogP) is 8.26. The molecule has 1 spiro atoms. The Balaban J connectivity index is 1.25. The van der Waals surface area contributed by atoms with Crippen LogP contribution >= 0.6 is 0 Å². The first-order chi connectivity index (χ1) is 30.0. The van der Waals surface area contributed by atoms with Crippen molar-refractivity contribution in [3.63, 3.8) is 0 Å². The number of benzene rings is 4. The van der Waals surface area contributed by atoms with Gasteiger partial charge < -0.3 is 50.4 Å². The zero-order valence-electron chi connectivity index (χ0n) is 34.6. The second-order valence-electron chi connectivity index (χ2n) is 17.1. The number of pyridine rings is 1. The summed E-state index contributed by atoms with van der Waals surface area (Å²) >= 11 is 0. The SMILES string of the molecule is COc1cc(CCC(O)C2C(=O)CC(c3cc(O)c(O)c(OC)c3)CC3C=Cc4cc(O)cc5ccc(c3c45)Nc3cc(ccn3)C23CCC(O)C3Cc2ccc[nH]2)ccc1O. The second kappa shape index (κ2) is 16.4. The van der Waals surface area contributed by atoms with Gasteiger partial charge in [-0.15, -0.1) is 0 Å². The molecule has 1 saturated carbocycles. The highest BCUT2D eigenvalue weighted by Crippen LogP contribution is 2.56. The van der Waals surface area contributed by atoms with Crippen LogP contribution in [0.2, 0.25) is 0 Å². The largest absolute Gasteiger partial charge is 0.508 e. The van der Waals surface area contributed by atoms with Crippen molar-refractivity contribution in [1.29, 1.82) is 0 Å². The van der Waals surface area contributed by atoms with Gasteiger partial charge in [0, 0.05) is 47.4 Å². The molecule has 2 aromatic heterocycles. The highest BCUT2D eigenvalue weighted by molar-refractivity contribution is 6.00. The fraction of sp³-hybridized carbons (Fsp3) is 0.320. The van der Waals surface area contributed by atoms with Crippen molar-refractivity contribution in [2.45, 2.75) is 74.4 Å². The number of ketones is 1. The number of aromatic nitrogens is 2. The van der Waals surface area contributed by atoms with Crippen molar-refractivity contribution >= 4 is 34.1 Å². The summed E-state index contributed by atoms with van der Waals surface area (Å²) in [4.78, 5) is 24.0. The minimum Gasteiger partial charge on any atom is -0.508 e. The summed E-state index contributed by atoms with van der Waals surface area (Å²) in [5.41, 5.74) is 4.55. The van der Waals surface area contributed by atoms with E-state index in [0.717, 1.165) is 44.4 Å². The number of allylic oxidation sites excluding steroid dienone is 1. The van der Waals surface area contributed by atoms with Crippen LogP contribution in [0.1, 0.15) is 77.5 Å². The average molecular weight is 838 g/mol. The molecule has 0 saturated heterocycles. The van der Waals surface area contributed by atoms with E-state index in [4.69, 9.17) is 14.5 Å². The number of aromatic hydroxyl groups is 4. The Hall–Kier alpha value is -6.50. The number of ether oxygens (including phenoxy) is 2. The first-order valence-electron chi connectivity index (χ1n) is 21.2. The van der Waals surface area contributed by atoms with Crippen LogP contribution in [0.5, 0.6) is 34.5 Å². The first-order valence-corrected chi connectivity index (χ1v) is 21.2. The summed E-state index contributed by atoms with van der Waals surface area (Å²) in [7, 11) is 2.88. The summed E-state index contributed by atoms with van der Waals surface area (Å²) in [5.74, 6) is -2.34. The number of H-pyrrole nitrogens is 1. The number of methoxy groups -OCH3 is 2. The number of aromatic amines is 1. The van der Waals surface area contributed by atoms with E-state index in [1.807, 2.05) is 48.7 Å². The number of Topliss-reactive ketones (excluding diaryl/α,β-unsaturated/α-hetero) is 1. The van der Waals surface area contributed by atoms with E-state index in [2.05, 4.69) is 16.4 Å². The summed E-state index contributed by atoms with van der Waals surface area (Å²) in [6, 6.07) is 23.3. The van der Waals surface area contributed by atoms with Gasteiger partial charge in [0.05, 0.1) is 32.3 Å². The van der Waals surface area contributed by atoms with E-state index in [0.29, 0.717) is 49.2 Å². The van der Waals surface area contributed by atoms with Crippen LogP contribution < -0.4 is 14.8 Å². The number of aryl methyl sites for hydroxylation is 1. The van der Waals surface area contributed by atoms with Gasteiger partial charge in [0.25, 0.3) is 0 Å². The van der Waals surface area contributed by atoms with Gasteiger partial charge in [-0.3, -0.25) is 4.79 Å². The molecule has 1 fully saturated rings. The molecule has 320 valence electrons. The Morgan fingerprint density at radius 3 is 2.56 bits per heavy atom. The number of hydrogen-bond acceptors (Lipinski definition) is 11. The smallest absolute Gasteiger partial charge is 0.200 e. The van der Waals surface area contributed by atoms with Gasteiger partial charge in [-0.05, 0) is 150 Å². The molecule has 7 atom stereocenters. The molecule has 2 aliphatic carbocycles. The van der Waals surface area contributed by atoms with Gasteiger partial charge in [-0.1, -0.05) is 24.3 Å². The number of aliphatic hydroxyl groups excluding tert-OH is 2. The highest BCUT2D eigenvalue weighted by atomic mass is 16.5. The molecule has 8 N–H and O–H groups in total. The molecule has 2 bridgehead atoms. The maximum Gasteiger partial charge on any atom is 0.200 e. The standard InChI is InChI=1S/C50H51N3O9/c1-61-43-18-27(5-11-39(43)56)6-12-40(57)48-41(58)22-31(32-23-42(59)49(60)44(24-32)62-2)19-28-7-8-29-20-35(54)21-30-9-10-37(47(28)46(29)30)53-45-25-33(14-17-52-45)50(48)15-13-38(55)36(50)26-34-4-3-16-51-34/h3-5,7-11,14,16-18,20-21,23-25,28,31,36,38,40,48,51,54-57,59-60H,6,12-13,15,19,22,26H2,1-2H3,(H,52,53). The summed E-state index contributed by atoms with van der Waals surface area (Å²) < 4.78 is 10.9. The van der Waals surface area contributed by atoms with Crippen molar-refractivity contribution in [2.24, 2.45) is 11.8 Å². The van der Waals surface area contributed by atoms with Crippen molar-refractivity contribution < 1.29 is 44.9 Å². The molecular formula is C50H51N3O9. The lowest BCUT2D eigenvalue weighted by Gasteiger charge is -2.45. The summed E-state index contributed by atoms with van der Waals surface area (Å²) in [6.07, 6.45) is 7.70. The molecule has 12 heteroatoms. The van der Waals surface area contributed by atoms with Crippen LogP contribution in [0.4, 0.5) is 11.5 Å². The zero-order chi connectivity index (χ0) is 43.3. The fourth-order valence-electron chi connectivity index (χ4n) is 10.9. The lowest BCUT2D eigenvalue weighted by molar-refractivity contribution is -0.132. The van der Waals surface area contributed by atoms with Crippen LogP contribution in [-0.2, 0) is 23.1 Å². The van der Waals surface area contributed by atoms with Gasteiger partial charge >= 0.3 is 0 Å². The van der Waals surface area contributed by atoms with Crippen molar-refractivity contribution in [3.05, 3.63) is 131 Å². The average Bonchev–Trinajstić information content (AvgIpc) is 3.90. The van der Waals surface area contributed by atoms with Crippen LogP contribution in [0.15, 0.2) is 97.3 Å². The van der Waals surface area contributed by atoms with Crippen LogP contribution in [0.3, 0.4) is 0 Å². The Morgan fingerprint density at radius 2 is 1.77 bits per heavy atom. The van der Waals surface area contributed by atoms with E-state index in [1.165, 1.54) is 20.3 Å². The molecule has 62 heavy (non-hydrogen) atoms. The molecule has 7 unspecified atom stereocenters. The van der Waals surface area contributed by atoms with Gasteiger partial charge in [-0.25, -0.2) is 4.98 Å². The maximum absolute atomic E-state index is 15.9. The molecule has 12 nitrogen and oxygen atoms in total. The molecule has 0 amide bonds. The normalized spacial score (nSPS) is 23.6. The van der Waals surface area contributed by atoms with E-state index in [1.54, 1.807) is 42.6 Å². The minimum atomic E-state index is -1.19. The highest BCUT2D eigenvalue weighted by Gasteiger charge is 2.57. The molecule has 1 aliphatic heterocycles. The molecule has 3 heterocycles. The first kappa shape index (κ1) is 40.9. The number of anilines is 2. The van der Waals surface area contributed by atoms with Gasteiger partial charge in [-0.2, -0.15) is 0 Å². The van der Waals surface area contributed by atoms with Crippen molar-refractivity contribution in [1.82, 2.24) is 9.97 Å². The van der Waals surface area contributed by atoms with Gasteiger partial charge in [0.15, 0.2) is 23.0 Å². The number of aliphatic hydroxyl groups is 2. The molecule has 3 aliphatic rings. The Bertz CT molecular complexity index is 2680. The van der Waals surface area contributed by atoms with Crippen LogP contribution in [0, 0.1) is 11.8 Å². The van der Waals surface area contributed by atoms with Crippen LogP contribution in [0.25, 0.3) is 16.8 Å². The quantitative estimate of drug-likeness (QED) is 0.0653. The molecule has 4 aromatic carbocycles. The molecular weight excluding hydrogens is 787 g/mol. The lowest BCUT2D eigenvalue weighted by Crippen LogP contribution is -2.51. The number of carbonyl (C=O) groups excluding carboxylic acids is 1. The van der Waals surface area contributed by atoms with Crippen LogP contribution in [-0.4, -0.2) is 72.8 Å². The van der Waals surface area contributed by atoms with Crippen molar-refractivity contribution in [3.8, 4) is 34.5 Å². The molecule has 9 rings (SSSR count). The number of nitrogens with one attached hydrogen (secondary N) is 2. The number of phenolic OH excluding ortho intramolecular Hbond substituents is 4. The fourth-order valence-corrected chi connectivity index (χ4v) is 10.9. The lowest BCUT2D eigenvalue weighted by atomic mass is 9.58. The van der Waals surface area contributed by atoms with Crippen molar-refractivity contribution in [2.75, 3.05) is 19.5 Å². The van der Waals surface area contributed by atoms with Gasteiger partial charge in [0.1, 0.15) is 17.4 Å². The minimum absolute atomic E-state index is 0.00404. The number of rotatable bonds is 9. The second-order valence-corrected chi connectivity index (χ2v) is 17.1. The van der Waals surface area contributed by atoms with E-state index >= 15 is 4.79 Å². The third kappa shape index (κ3) is 7.26. The number of carbonyl (C=O) groups is 1. The predicted molar refractivity (Wildman–Crippen MR) is 236 cm³/mol. The van der Waals surface area contributed by atoms with Gasteiger partial charge in [0.2, 0.25) is 5.75 Å². The third-order valence-corrected chi connectivity index (χ3v) is 13.7. The van der Waals surface area contributed by atoms with E-state index < -0.39 is 41.1 Å². The Morgan fingerprint density at radius 1 is 0.935 bits per heavy atom. The maximum atomic E-state index is 15.9. The topological polar surface area (TPSA) is 198 Å². The number of nitrogens with zero attached hydrogens (tertiary/aromatic N) is 1. The molecule has 0 radical (unpaired) electrons. The Labute approximate surface area is 359 Å². The number of fused-ring (bicyclic) bond motifs is 3. The number of phenols is 4. The summed E-state index contributed by atoms with van der Waals surface area (Å²) in [5, 5.41) is 73.1. The Kier molecular flexibility index (Phi) is 10.8.